The van der Waals surface area contributed by atoms with E-state index in [2.05, 4.69) is 9.97 Å². The van der Waals surface area contributed by atoms with Gasteiger partial charge in [0.05, 0.1) is 0 Å². The number of nitrogens with zero attached hydrogens (tertiary/aromatic N) is 1. The third kappa shape index (κ3) is 2.87. The van der Waals surface area contributed by atoms with Crippen molar-refractivity contribution in [3.63, 3.8) is 0 Å². The van der Waals surface area contributed by atoms with Crippen LogP contribution in [0, 0.1) is 16.3 Å². The minimum absolute atomic E-state index is 0.382. The lowest BCUT2D eigenvalue weighted by atomic mass is 10.1. The van der Waals surface area contributed by atoms with Gasteiger partial charge in [-0.1, -0.05) is 42.5 Å². The van der Waals surface area contributed by atoms with E-state index in [-0.39, 0.29) is 0 Å². The molecule has 0 fully saturated rings. The van der Waals surface area contributed by atoms with Crippen molar-refractivity contribution in [3.05, 3.63) is 70.9 Å². The van der Waals surface area contributed by atoms with Gasteiger partial charge in [0.2, 0.25) is 0 Å². The molecule has 0 spiro atoms. The number of aromatic nitrogens is 2. The van der Waals surface area contributed by atoms with Crippen molar-refractivity contribution in [1.29, 1.82) is 0 Å². The minimum Gasteiger partial charge on any atom is -0.339 e. The van der Waals surface area contributed by atoms with E-state index < -0.39 is 11.6 Å². The highest BCUT2D eigenvalue weighted by Gasteiger charge is 2.08. The molecule has 0 aliphatic rings. The SMILES string of the molecule is Fc1ccc(-c2nc(=S)cc(-c3ccccc3)[nH]2)cc1F. The molecule has 2 nitrogen and oxygen atoms in total. The Hall–Kier alpha value is -2.40. The topological polar surface area (TPSA) is 28.7 Å². The zero-order valence-electron chi connectivity index (χ0n) is 10.8. The molecule has 3 rings (SSSR count). The highest BCUT2D eigenvalue weighted by Crippen LogP contribution is 2.22. The zero-order chi connectivity index (χ0) is 14.8. The number of aromatic amines is 1. The standard InChI is InChI=1S/C16H10F2N2S/c17-12-7-6-11(8-13(12)18)16-19-14(9-15(21)20-16)10-4-2-1-3-5-10/h1-9H,(H,19,20,21). The van der Waals surface area contributed by atoms with E-state index in [1.165, 1.54) is 6.07 Å². The van der Waals surface area contributed by atoms with Crippen LogP contribution < -0.4 is 0 Å². The maximum absolute atomic E-state index is 13.3. The molecule has 0 aliphatic heterocycles. The van der Waals surface area contributed by atoms with Crippen LogP contribution >= 0.6 is 12.2 Å². The molecule has 104 valence electrons. The summed E-state index contributed by atoms with van der Waals surface area (Å²) in [6, 6.07) is 14.9. The van der Waals surface area contributed by atoms with Crippen molar-refractivity contribution < 1.29 is 8.78 Å². The first-order valence-corrected chi connectivity index (χ1v) is 6.66. The van der Waals surface area contributed by atoms with Gasteiger partial charge >= 0.3 is 0 Å². The molecule has 0 unspecified atom stereocenters. The van der Waals surface area contributed by atoms with Crippen molar-refractivity contribution in [2.45, 2.75) is 0 Å². The number of rotatable bonds is 2. The average molecular weight is 300 g/mol. The molecular formula is C16H10F2N2S. The monoisotopic (exact) mass is 300 g/mol. The summed E-state index contributed by atoms with van der Waals surface area (Å²) in [4.78, 5) is 7.27. The molecule has 1 heterocycles. The van der Waals surface area contributed by atoms with Crippen LogP contribution in [0.25, 0.3) is 22.6 Å². The summed E-state index contributed by atoms with van der Waals surface area (Å²) >= 11 is 5.15. The molecular weight excluding hydrogens is 290 g/mol. The van der Waals surface area contributed by atoms with Gasteiger partial charge in [0, 0.05) is 11.3 Å². The highest BCUT2D eigenvalue weighted by atomic mass is 32.1. The molecule has 2 aromatic carbocycles. The Morgan fingerprint density at radius 2 is 1.62 bits per heavy atom. The molecule has 0 aliphatic carbocycles. The maximum atomic E-state index is 13.3. The lowest BCUT2D eigenvalue weighted by Gasteiger charge is -2.06. The summed E-state index contributed by atoms with van der Waals surface area (Å²) in [5.41, 5.74) is 2.16. The van der Waals surface area contributed by atoms with E-state index in [9.17, 15) is 8.78 Å². The first kappa shape index (κ1) is 13.6. The molecule has 0 saturated heterocycles. The molecule has 0 radical (unpaired) electrons. The van der Waals surface area contributed by atoms with E-state index in [0.717, 1.165) is 23.4 Å². The average Bonchev–Trinajstić information content (AvgIpc) is 2.50. The van der Waals surface area contributed by atoms with Gasteiger partial charge < -0.3 is 4.98 Å². The van der Waals surface area contributed by atoms with Crippen LogP contribution in [0.2, 0.25) is 0 Å². The molecule has 0 bridgehead atoms. The quantitative estimate of drug-likeness (QED) is 0.692. The summed E-state index contributed by atoms with van der Waals surface area (Å²) in [7, 11) is 0. The van der Waals surface area contributed by atoms with Crippen LogP contribution in [0.3, 0.4) is 0 Å². The third-order valence-electron chi connectivity index (χ3n) is 3.02. The lowest BCUT2D eigenvalue weighted by Crippen LogP contribution is -1.94. The van der Waals surface area contributed by atoms with Crippen molar-refractivity contribution in [3.8, 4) is 22.6 Å². The second-order valence-corrected chi connectivity index (χ2v) is 4.89. The molecule has 21 heavy (non-hydrogen) atoms. The fourth-order valence-corrected chi connectivity index (χ4v) is 2.22. The van der Waals surface area contributed by atoms with Crippen molar-refractivity contribution in [2.75, 3.05) is 0 Å². The maximum Gasteiger partial charge on any atom is 0.159 e. The minimum atomic E-state index is -0.918. The molecule has 3 aromatic rings. The fraction of sp³-hybridized carbons (Fsp3) is 0. The van der Waals surface area contributed by atoms with Gasteiger partial charge in [0.25, 0.3) is 0 Å². The van der Waals surface area contributed by atoms with Crippen molar-refractivity contribution in [1.82, 2.24) is 9.97 Å². The summed E-state index contributed by atoms with van der Waals surface area (Å²) in [6.45, 7) is 0. The van der Waals surface area contributed by atoms with Crippen LogP contribution in [-0.2, 0) is 0 Å². The number of H-pyrrole nitrogens is 1. The fourth-order valence-electron chi connectivity index (χ4n) is 2.01. The van der Waals surface area contributed by atoms with Crippen LogP contribution in [0.5, 0.6) is 0 Å². The number of hydrogen-bond acceptors (Lipinski definition) is 2. The van der Waals surface area contributed by atoms with Gasteiger partial charge in [-0.15, -0.1) is 0 Å². The number of nitrogens with one attached hydrogen (secondary N) is 1. The molecule has 1 N–H and O–H groups in total. The molecule has 5 heteroatoms. The molecule has 0 atom stereocenters. The van der Waals surface area contributed by atoms with Crippen LogP contribution in [0.4, 0.5) is 8.78 Å². The summed E-state index contributed by atoms with van der Waals surface area (Å²) < 4.78 is 26.7. The van der Waals surface area contributed by atoms with Crippen molar-refractivity contribution in [2.24, 2.45) is 0 Å². The van der Waals surface area contributed by atoms with Gasteiger partial charge in [-0.25, -0.2) is 13.8 Å². The summed E-state index contributed by atoms with van der Waals surface area (Å²) in [5.74, 6) is -1.41. The highest BCUT2D eigenvalue weighted by molar-refractivity contribution is 7.71. The first-order valence-electron chi connectivity index (χ1n) is 6.26. The van der Waals surface area contributed by atoms with Gasteiger partial charge in [-0.3, -0.25) is 0 Å². The van der Waals surface area contributed by atoms with E-state index in [1.54, 1.807) is 6.07 Å². The normalized spacial score (nSPS) is 10.6. The lowest BCUT2D eigenvalue weighted by molar-refractivity contribution is 0.509. The van der Waals surface area contributed by atoms with E-state index in [4.69, 9.17) is 12.2 Å². The number of hydrogen-bond donors (Lipinski definition) is 1. The smallest absolute Gasteiger partial charge is 0.159 e. The van der Waals surface area contributed by atoms with Crippen LogP contribution in [0.15, 0.2) is 54.6 Å². The summed E-state index contributed by atoms with van der Waals surface area (Å²) in [6.07, 6.45) is 0. The Morgan fingerprint density at radius 1 is 0.857 bits per heavy atom. The second kappa shape index (κ2) is 5.54. The van der Waals surface area contributed by atoms with E-state index >= 15 is 0 Å². The largest absolute Gasteiger partial charge is 0.339 e. The number of halogens is 2. The van der Waals surface area contributed by atoms with Gasteiger partial charge in [0.1, 0.15) is 10.5 Å². The van der Waals surface area contributed by atoms with Gasteiger partial charge in [-0.05, 0) is 29.8 Å². The molecule has 1 aromatic heterocycles. The Balaban J connectivity index is 2.14. The third-order valence-corrected chi connectivity index (χ3v) is 3.23. The Bertz CT molecular complexity index is 844. The molecule has 0 saturated carbocycles. The number of benzene rings is 2. The first-order chi connectivity index (χ1) is 10.1. The van der Waals surface area contributed by atoms with Crippen LogP contribution in [-0.4, -0.2) is 9.97 Å². The van der Waals surface area contributed by atoms with Crippen molar-refractivity contribution >= 4 is 12.2 Å². The summed E-state index contributed by atoms with van der Waals surface area (Å²) in [5, 5.41) is 0. The van der Waals surface area contributed by atoms with E-state index in [0.29, 0.717) is 16.0 Å². The van der Waals surface area contributed by atoms with Gasteiger partial charge in [0.15, 0.2) is 11.6 Å². The van der Waals surface area contributed by atoms with Crippen LogP contribution in [0.1, 0.15) is 0 Å². The Morgan fingerprint density at radius 3 is 2.33 bits per heavy atom. The Kier molecular flexibility index (Phi) is 3.58. The van der Waals surface area contributed by atoms with E-state index in [1.807, 2.05) is 30.3 Å². The predicted octanol–water partition coefficient (Wildman–Crippen LogP) is 4.75. The van der Waals surface area contributed by atoms with Gasteiger partial charge in [-0.2, -0.15) is 0 Å². The molecule has 0 amide bonds. The predicted molar refractivity (Wildman–Crippen MR) is 80.2 cm³/mol. The zero-order valence-corrected chi connectivity index (χ0v) is 11.6. The second-order valence-electron chi connectivity index (χ2n) is 4.48. The Labute approximate surface area is 125 Å².